The van der Waals surface area contributed by atoms with Crippen molar-refractivity contribution in [2.75, 3.05) is 0 Å². The normalized spacial score (nSPS) is 13.9. The number of ketones is 1. The minimum absolute atomic E-state index is 0. The van der Waals surface area contributed by atoms with Crippen molar-refractivity contribution in [3.63, 3.8) is 0 Å². The van der Waals surface area contributed by atoms with E-state index in [2.05, 4.69) is 4.74 Å². The molecule has 5 heteroatoms. The summed E-state index contributed by atoms with van der Waals surface area (Å²) in [5.74, 6) is -0.557. The molecule has 2 rings (SSSR count). The van der Waals surface area contributed by atoms with E-state index in [9.17, 15) is 18.0 Å². The Morgan fingerprint density at radius 3 is 2.18 bits per heavy atom. The number of hydrogen-bond acceptors (Lipinski definition) is 2. The first-order valence-electron chi connectivity index (χ1n) is 4.74. The summed E-state index contributed by atoms with van der Waals surface area (Å²) in [6.45, 7) is 0. The van der Waals surface area contributed by atoms with E-state index in [-0.39, 0.29) is 13.0 Å². The van der Waals surface area contributed by atoms with Crippen LogP contribution in [0.25, 0.3) is 0 Å². The molecule has 1 aromatic carbocycles. The summed E-state index contributed by atoms with van der Waals surface area (Å²) < 4.78 is 39.4. The second kappa shape index (κ2) is 4.08. The van der Waals surface area contributed by atoms with Crippen LogP contribution in [0.1, 0.15) is 11.8 Å². The first-order chi connectivity index (χ1) is 7.96. The van der Waals surface area contributed by atoms with Gasteiger partial charge < -0.3 is 4.74 Å². The van der Waals surface area contributed by atoms with Crippen molar-refractivity contribution in [1.82, 2.24) is 0 Å². The predicted octanol–water partition coefficient (Wildman–Crippen LogP) is 3.38. The minimum Gasteiger partial charge on any atom is -0.406 e. The molecule has 0 atom stereocenters. The van der Waals surface area contributed by atoms with Gasteiger partial charge in [-0.1, -0.05) is 18.2 Å². The third-order valence-corrected chi connectivity index (χ3v) is 2.16. The number of alkyl halides is 3. The third-order valence-electron chi connectivity index (χ3n) is 2.16. The quantitative estimate of drug-likeness (QED) is 0.758. The molecular formula is C12H8F3O2+. The maximum absolute atomic E-state index is 11.9. The summed E-state index contributed by atoms with van der Waals surface area (Å²) in [6.07, 6.45) is 0.282. The van der Waals surface area contributed by atoms with E-state index >= 15 is 0 Å². The molecule has 0 radical (unpaired) electrons. The van der Waals surface area contributed by atoms with Gasteiger partial charge in [-0.15, -0.1) is 13.2 Å². The van der Waals surface area contributed by atoms with Crippen LogP contribution in [0.2, 0.25) is 0 Å². The van der Waals surface area contributed by atoms with Crippen LogP contribution in [0.4, 0.5) is 13.2 Å². The van der Waals surface area contributed by atoms with E-state index in [4.69, 9.17) is 0 Å². The van der Waals surface area contributed by atoms with E-state index in [1.54, 1.807) is 18.2 Å². The largest absolute Gasteiger partial charge is 1.00 e. The van der Waals surface area contributed by atoms with Crippen molar-refractivity contribution in [3.8, 4) is 5.75 Å². The number of carbonyl (C=O) groups excluding carboxylic acids is 1. The van der Waals surface area contributed by atoms with Crippen LogP contribution < -0.4 is 4.74 Å². The molecular weight excluding hydrogens is 233 g/mol. The maximum atomic E-state index is 11.9. The Balaban J connectivity index is 0.00000162. The first-order valence-corrected chi connectivity index (χ1v) is 4.74. The summed E-state index contributed by atoms with van der Waals surface area (Å²) in [6, 6.07) is 4.83. The molecule has 88 valence electrons. The first kappa shape index (κ1) is 11.4. The molecule has 0 unspecified atom stereocenters. The van der Waals surface area contributed by atoms with Gasteiger partial charge in [0, 0.05) is 11.1 Å². The molecule has 0 spiro atoms. The fraction of sp³-hybridized carbons (Fsp3) is 0.0833. The zero-order valence-electron chi connectivity index (χ0n) is 9.49. The molecule has 0 saturated carbocycles. The van der Waals surface area contributed by atoms with Gasteiger partial charge >= 0.3 is 7.79 Å². The summed E-state index contributed by atoms with van der Waals surface area (Å²) in [4.78, 5) is 11.6. The lowest BCUT2D eigenvalue weighted by atomic mass is 9.98. The SMILES string of the molecule is O=C(C1=CC=C1)c1ccc(OC(F)(F)F)cc1.[H+]. The Hall–Kier alpha value is -2.04. The molecule has 2 nitrogen and oxygen atoms in total. The number of halogens is 3. The van der Waals surface area contributed by atoms with E-state index in [0.29, 0.717) is 11.1 Å². The van der Waals surface area contributed by atoms with Crippen LogP contribution in [0, 0.1) is 0 Å². The maximum Gasteiger partial charge on any atom is 1.00 e. The lowest BCUT2D eigenvalue weighted by Gasteiger charge is -2.10. The highest BCUT2D eigenvalue weighted by Crippen LogP contribution is 2.24. The number of allylic oxidation sites excluding steroid dienone is 4. The lowest BCUT2D eigenvalue weighted by molar-refractivity contribution is -0.274. The molecule has 1 aromatic rings. The van der Waals surface area contributed by atoms with E-state index in [0.717, 1.165) is 12.1 Å². The summed E-state index contributed by atoms with van der Waals surface area (Å²) >= 11 is 0. The van der Waals surface area contributed by atoms with Crippen molar-refractivity contribution < 1.29 is 24.1 Å². The molecule has 0 heterocycles. The summed E-state index contributed by atoms with van der Waals surface area (Å²) in [7, 11) is 0. The fourth-order valence-corrected chi connectivity index (χ4v) is 1.32. The topological polar surface area (TPSA) is 26.3 Å². The second-order valence-electron chi connectivity index (χ2n) is 3.38. The van der Waals surface area contributed by atoms with Crippen molar-refractivity contribution in [1.29, 1.82) is 0 Å². The highest BCUT2D eigenvalue weighted by Gasteiger charge is 2.31. The van der Waals surface area contributed by atoms with Crippen molar-refractivity contribution >= 4 is 5.78 Å². The van der Waals surface area contributed by atoms with Gasteiger partial charge in [0.1, 0.15) is 5.75 Å². The smallest absolute Gasteiger partial charge is 0.406 e. The van der Waals surface area contributed by atoms with Crippen molar-refractivity contribution in [3.05, 3.63) is 53.6 Å². The molecule has 0 aromatic heterocycles. The number of hydrogen-bond donors (Lipinski definition) is 0. The van der Waals surface area contributed by atoms with Gasteiger partial charge in [-0.25, -0.2) is 0 Å². The minimum atomic E-state index is -4.72. The van der Waals surface area contributed by atoms with Gasteiger partial charge in [0.25, 0.3) is 0 Å². The van der Waals surface area contributed by atoms with Crippen LogP contribution in [0.3, 0.4) is 0 Å². The van der Waals surface area contributed by atoms with Crippen LogP contribution in [0.15, 0.2) is 48.1 Å². The zero-order valence-corrected chi connectivity index (χ0v) is 8.49. The molecule has 17 heavy (non-hydrogen) atoms. The highest BCUT2D eigenvalue weighted by atomic mass is 19.4. The molecule has 0 amide bonds. The van der Waals surface area contributed by atoms with Crippen LogP contribution in [-0.2, 0) is 0 Å². The number of rotatable bonds is 3. The van der Waals surface area contributed by atoms with Gasteiger partial charge in [0.15, 0.2) is 5.78 Å². The van der Waals surface area contributed by atoms with Gasteiger partial charge in [0.05, 0.1) is 0 Å². The Morgan fingerprint density at radius 2 is 1.76 bits per heavy atom. The molecule has 0 aliphatic heterocycles. The zero-order chi connectivity index (χ0) is 12.5. The highest BCUT2D eigenvalue weighted by molar-refractivity contribution is 6.11. The molecule has 0 bridgehead atoms. The molecule has 0 saturated heterocycles. The van der Waals surface area contributed by atoms with Gasteiger partial charge in [-0.3, -0.25) is 4.79 Å². The monoisotopic (exact) mass is 241 g/mol. The Bertz CT molecular complexity index is 501. The van der Waals surface area contributed by atoms with E-state index in [1.165, 1.54) is 12.1 Å². The van der Waals surface area contributed by atoms with Crippen LogP contribution >= 0.6 is 0 Å². The number of Topliss-reactive ketones (excluding diaryl/α,β-unsaturated/α-hetero) is 1. The molecule has 1 aliphatic carbocycles. The Morgan fingerprint density at radius 1 is 1.18 bits per heavy atom. The van der Waals surface area contributed by atoms with Gasteiger partial charge in [-0.2, -0.15) is 0 Å². The van der Waals surface area contributed by atoms with E-state index in [1.807, 2.05) is 0 Å². The molecule has 1 aliphatic rings. The summed E-state index contributed by atoms with van der Waals surface area (Å²) in [5.41, 5.74) is 0.865. The third kappa shape index (κ3) is 2.75. The van der Waals surface area contributed by atoms with Crippen molar-refractivity contribution in [2.24, 2.45) is 0 Å². The van der Waals surface area contributed by atoms with Crippen molar-refractivity contribution in [2.45, 2.75) is 6.36 Å². The fourth-order valence-electron chi connectivity index (χ4n) is 1.32. The standard InChI is InChI=1S/C12H7F3O2/c13-12(14,15)17-10-6-4-9(5-7-10)11(16)8-2-1-3-8/h1-7H/p+1. The molecule has 0 N–H and O–H groups in total. The molecule has 0 fully saturated rings. The lowest BCUT2D eigenvalue weighted by Crippen LogP contribution is -2.17. The summed E-state index contributed by atoms with van der Waals surface area (Å²) in [5, 5.41) is 0. The van der Waals surface area contributed by atoms with Crippen LogP contribution in [0.5, 0.6) is 5.75 Å². The Labute approximate surface area is 96.5 Å². The number of ether oxygens (including phenoxy) is 1. The average molecular weight is 241 g/mol. The number of benzene rings is 1. The average Bonchev–Trinajstić information content (AvgIpc) is 2.13. The predicted molar refractivity (Wildman–Crippen MR) is 55.8 cm³/mol. The number of carbonyl (C=O) groups is 1. The second-order valence-corrected chi connectivity index (χ2v) is 3.38. The Kier molecular flexibility index (Phi) is 2.75. The van der Waals surface area contributed by atoms with Gasteiger partial charge in [0.2, 0.25) is 0 Å². The van der Waals surface area contributed by atoms with Gasteiger partial charge in [-0.05, 0) is 24.3 Å². The van der Waals surface area contributed by atoms with Crippen LogP contribution in [-0.4, -0.2) is 12.1 Å². The van der Waals surface area contributed by atoms with E-state index < -0.39 is 6.36 Å².